The first-order chi connectivity index (χ1) is 8.00. The van der Waals surface area contributed by atoms with E-state index in [4.69, 9.17) is 5.11 Å². The standard InChI is InChI=1S/C10H8F3N3O/c11-10(12,13)8-2-4-16(15-8)9-5-7(6-17)1-3-14-9/h1-5,17H,6H2. The van der Waals surface area contributed by atoms with Crippen molar-refractivity contribution in [3.05, 3.63) is 41.9 Å². The predicted octanol–water partition coefficient (Wildman–Crippen LogP) is 1.78. The van der Waals surface area contributed by atoms with Gasteiger partial charge in [0, 0.05) is 12.4 Å². The molecule has 0 amide bonds. The number of pyridine rings is 1. The molecule has 0 aliphatic rings. The Bertz CT molecular complexity index is 522. The summed E-state index contributed by atoms with van der Waals surface area (Å²) in [4.78, 5) is 3.87. The van der Waals surface area contributed by atoms with Crippen LogP contribution in [0.15, 0.2) is 30.6 Å². The van der Waals surface area contributed by atoms with Crippen LogP contribution in [0.1, 0.15) is 11.3 Å². The van der Waals surface area contributed by atoms with E-state index >= 15 is 0 Å². The molecule has 1 N–H and O–H groups in total. The first-order valence-electron chi connectivity index (χ1n) is 4.70. The van der Waals surface area contributed by atoms with Gasteiger partial charge in [0.25, 0.3) is 0 Å². The molecule has 2 heterocycles. The smallest absolute Gasteiger partial charge is 0.392 e. The quantitative estimate of drug-likeness (QED) is 0.874. The van der Waals surface area contributed by atoms with Crippen LogP contribution in [-0.2, 0) is 12.8 Å². The lowest BCUT2D eigenvalue weighted by Gasteiger charge is -2.03. The van der Waals surface area contributed by atoms with E-state index < -0.39 is 11.9 Å². The lowest BCUT2D eigenvalue weighted by Crippen LogP contribution is -2.07. The Balaban J connectivity index is 2.37. The van der Waals surface area contributed by atoms with Gasteiger partial charge in [-0.15, -0.1) is 0 Å². The summed E-state index contributed by atoms with van der Waals surface area (Å²) in [5.41, 5.74) is -0.423. The molecule has 0 unspecified atom stereocenters. The Morgan fingerprint density at radius 1 is 1.29 bits per heavy atom. The van der Waals surface area contributed by atoms with Crippen molar-refractivity contribution in [3.63, 3.8) is 0 Å². The number of aromatic nitrogens is 3. The molecule has 2 aromatic rings. The number of hydrogen-bond donors (Lipinski definition) is 1. The Hall–Kier alpha value is -1.89. The molecule has 2 rings (SSSR count). The maximum atomic E-state index is 12.3. The topological polar surface area (TPSA) is 50.9 Å². The number of aliphatic hydroxyl groups excluding tert-OH is 1. The van der Waals surface area contributed by atoms with Gasteiger partial charge in [-0.1, -0.05) is 0 Å². The maximum Gasteiger partial charge on any atom is 0.435 e. The van der Waals surface area contributed by atoms with E-state index in [1.54, 1.807) is 6.07 Å². The number of alkyl halides is 3. The number of halogens is 3. The van der Waals surface area contributed by atoms with Crippen LogP contribution in [0.2, 0.25) is 0 Å². The third-order valence-corrected chi connectivity index (χ3v) is 2.11. The summed E-state index contributed by atoms with van der Waals surface area (Å²) >= 11 is 0. The van der Waals surface area contributed by atoms with Gasteiger partial charge in [0.15, 0.2) is 11.5 Å². The molecule has 0 aliphatic carbocycles. The molecule has 0 fully saturated rings. The molecule has 0 aromatic carbocycles. The minimum atomic E-state index is -4.47. The largest absolute Gasteiger partial charge is 0.435 e. The van der Waals surface area contributed by atoms with Crippen LogP contribution in [0, 0.1) is 0 Å². The molecule has 7 heteroatoms. The molecule has 17 heavy (non-hydrogen) atoms. The second-order valence-corrected chi connectivity index (χ2v) is 3.32. The van der Waals surface area contributed by atoms with Crippen molar-refractivity contribution in [3.8, 4) is 5.82 Å². The first-order valence-corrected chi connectivity index (χ1v) is 4.70. The van der Waals surface area contributed by atoms with Crippen molar-refractivity contribution in [2.75, 3.05) is 0 Å². The highest BCUT2D eigenvalue weighted by molar-refractivity contribution is 5.27. The van der Waals surface area contributed by atoms with E-state index in [1.165, 1.54) is 18.5 Å². The number of nitrogens with zero attached hydrogens (tertiary/aromatic N) is 3. The van der Waals surface area contributed by atoms with Gasteiger partial charge >= 0.3 is 6.18 Å². The minimum Gasteiger partial charge on any atom is -0.392 e. The zero-order valence-electron chi connectivity index (χ0n) is 8.52. The molecule has 0 bridgehead atoms. The highest BCUT2D eigenvalue weighted by Gasteiger charge is 2.33. The van der Waals surface area contributed by atoms with Gasteiger partial charge in [-0.05, 0) is 23.8 Å². The Kier molecular flexibility index (Phi) is 2.84. The van der Waals surface area contributed by atoms with Crippen LogP contribution in [-0.4, -0.2) is 19.9 Å². The third-order valence-electron chi connectivity index (χ3n) is 2.11. The molecule has 0 atom stereocenters. The summed E-state index contributed by atoms with van der Waals surface area (Å²) in [5, 5.41) is 12.3. The summed E-state index contributed by atoms with van der Waals surface area (Å²) in [6.45, 7) is -0.205. The van der Waals surface area contributed by atoms with Crippen LogP contribution in [0.5, 0.6) is 0 Å². The Morgan fingerprint density at radius 2 is 2.06 bits per heavy atom. The number of hydrogen-bond acceptors (Lipinski definition) is 3. The Labute approximate surface area is 94.3 Å². The third kappa shape index (κ3) is 2.44. The van der Waals surface area contributed by atoms with E-state index in [0.29, 0.717) is 5.56 Å². The lowest BCUT2D eigenvalue weighted by molar-refractivity contribution is -0.141. The zero-order chi connectivity index (χ0) is 12.5. The number of rotatable bonds is 2. The fraction of sp³-hybridized carbons (Fsp3) is 0.200. The number of aliphatic hydroxyl groups is 1. The van der Waals surface area contributed by atoms with Crippen LogP contribution in [0.4, 0.5) is 13.2 Å². The first kappa shape index (κ1) is 11.6. The lowest BCUT2D eigenvalue weighted by atomic mass is 10.3. The van der Waals surface area contributed by atoms with Gasteiger partial charge in [-0.25, -0.2) is 9.67 Å². The highest BCUT2D eigenvalue weighted by atomic mass is 19.4. The van der Waals surface area contributed by atoms with E-state index in [1.807, 2.05) is 0 Å². The summed E-state index contributed by atoms with van der Waals surface area (Å²) in [6.07, 6.45) is -1.90. The van der Waals surface area contributed by atoms with Crippen LogP contribution in [0.25, 0.3) is 5.82 Å². The molecule has 0 radical (unpaired) electrons. The molecule has 4 nitrogen and oxygen atoms in total. The highest BCUT2D eigenvalue weighted by Crippen LogP contribution is 2.27. The van der Waals surface area contributed by atoms with E-state index in [9.17, 15) is 13.2 Å². The van der Waals surface area contributed by atoms with Gasteiger partial charge in [-0.3, -0.25) is 0 Å². The molecule has 90 valence electrons. The second kappa shape index (κ2) is 4.17. The molecular weight excluding hydrogens is 235 g/mol. The Morgan fingerprint density at radius 3 is 2.65 bits per heavy atom. The van der Waals surface area contributed by atoms with Crippen molar-refractivity contribution in [2.24, 2.45) is 0 Å². The van der Waals surface area contributed by atoms with Crippen molar-refractivity contribution in [1.29, 1.82) is 0 Å². The summed E-state index contributed by atoms with van der Waals surface area (Å²) in [6, 6.07) is 3.90. The summed E-state index contributed by atoms with van der Waals surface area (Å²) in [5.74, 6) is 0.229. The van der Waals surface area contributed by atoms with Gasteiger partial charge in [0.1, 0.15) is 0 Å². The van der Waals surface area contributed by atoms with Crippen molar-refractivity contribution < 1.29 is 18.3 Å². The SMILES string of the molecule is OCc1ccnc(-n2ccc(C(F)(F)F)n2)c1. The summed E-state index contributed by atoms with van der Waals surface area (Å²) in [7, 11) is 0. The van der Waals surface area contributed by atoms with Gasteiger partial charge in [0.2, 0.25) is 0 Å². The molecule has 0 saturated carbocycles. The molecular formula is C10H8F3N3O. The van der Waals surface area contributed by atoms with Gasteiger partial charge < -0.3 is 5.11 Å². The van der Waals surface area contributed by atoms with Crippen molar-refractivity contribution in [1.82, 2.24) is 14.8 Å². The molecule has 0 saturated heterocycles. The fourth-order valence-corrected chi connectivity index (χ4v) is 1.29. The monoisotopic (exact) mass is 243 g/mol. The average Bonchev–Trinajstić information content (AvgIpc) is 2.78. The van der Waals surface area contributed by atoms with Crippen LogP contribution < -0.4 is 0 Å². The molecule has 2 aromatic heterocycles. The second-order valence-electron chi connectivity index (χ2n) is 3.32. The summed E-state index contributed by atoms with van der Waals surface area (Å²) < 4.78 is 38.0. The normalized spacial score (nSPS) is 11.8. The van der Waals surface area contributed by atoms with E-state index in [2.05, 4.69) is 10.1 Å². The zero-order valence-corrected chi connectivity index (χ0v) is 8.52. The van der Waals surface area contributed by atoms with E-state index in [-0.39, 0.29) is 12.4 Å². The van der Waals surface area contributed by atoms with E-state index in [0.717, 1.165) is 10.7 Å². The van der Waals surface area contributed by atoms with Gasteiger partial charge in [-0.2, -0.15) is 18.3 Å². The predicted molar refractivity (Wildman–Crippen MR) is 52.3 cm³/mol. The van der Waals surface area contributed by atoms with Crippen molar-refractivity contribution in [2.45, 2.75) is 12.8 Å². The van der Waals surface area contributed by atoms with Gasteiger partial charge in [0.05, 0.1) is 6.61 Å². The van der Waals surface area contributed by atoms with Crippen LogP contribution >= 0.6 is 0 Å². The maximum absolute atomic E-state index is 12.3. The molecule has 0 spiro atoms. The average molecular weight is 243 g/mol. The minimum absolute atomic E-state index is 0.205. The van der Waals surface area contributed by atoms with Crippen molar-refractivity contribution >= 4 is 0 Å². The fourth-order valence-electron chi connectivity index (χ4n) is 1.29. The van der Waals surface area contributed by atoms with Crippen LogP contribution in [0.3, 0.4) is 0 Å². The molecule has 0 aliphatic heterocycles.